The van der Waals surface area contributed by atoms with Crippen molar-refractivity contribution < 1.29 is 13.9 Å². The Bertz CT molecular complexity index is 385. The van der Waals surface area contributed by atoms with Gasteiger partial charge in [-0.3, -0.25) is 4.79 Å². The molecule has 17 heavy (non-hydrogen) atoms. The highest BCUT2D eigenvalue weighted by Crippen LogP contribution is 2.09. The third-order valence-corrected chi connectivity index (χ3v) is 2.08. The minimum absolute atomic E-state index is 0.0220. The molecule has 94 valence electrons. The van der Waals surface area contributed by atoms with Crippen molar-refractivity contribution >= 4 is 11.7 Å². The van der Waals surface area contributed by atoms with Crippen molar-refractivity contribution in [1.29, 1.82) is 0 Å². The smallest absolute Gasteiger partial charge is 0.255 e. The van der Waals surface area contributed by atoms with Gasteiger partial charge in [0.15, 0.2) is 0 Å². The number of pyridine rings is 1. The maximum absolute atomic E-state index is 12.9. The Balaban J connectivity index is 2.44. The molecule has 1 heterocycles. The van der Waals surface area contributed by atoms with Gasteiger partial charge in [-0.2, -0.15) is 0 Å². The van der Waals surface area contributed by atoms with Crippen LogP contribution in [0.1, 0.15) is 23.7 Å². The number of nitrogens with one attached hydrogen (secondary N) is 1. The number of amides is 1. The largest absolute Gasteiger partial charge is 0.383 e. The number of hydrogen-bond donors (Lipinski definition) is 2. The number of hydrogen-bond acceptors (Lipinski definition) is 4. The second-order valence-electron chi connectivity index (χ2n) is 3.39. The van der Waals surface area contributed by atoms with Gasteiger partial charge < -0.3 is 15.8 Å². The van der Waals surface area contributed by atoms with Crippen LogP contribution in [0.15, 0.2) is 12.3 Å². The average molecular weight is 241 g/mol. The van der Waals surface area contributed by atoms with Gasteiger partial charge in [0.05, 0.1) is 11.8 Å². The van der Waals surface area contributed by atoms with Gasteiger partial charge in [-0.15, -0.1) is 0 Å². The highest BCUT2D eigenvalue weighted by atomic mass is 19.1. The number of halogens is 1. The SMILES string of the molecule is CCOCCCNC(=O)c1cc(F)cnc1N. The van der Waals surface area contributed by atoms with Gasteiger partial charge in [-0.25, -0.2) is 9.37 Å². The number of anilines is 1. The van der Waals surface area contributed by atoms with Crippen LogP contribution < -0.4 is 11.1 Å². The summed E-state index contributed by atoms with van der Waals surface area (Å²) in [7, 11) is 0. The topological polar surface area (TPSA) is 77.2 Å². The molecule has 0 saturated carbocycles. The third kappa shape index (κ3) is 4.36. The van der Waals surface area contributed by atoms with E-state index in [1.54, 1.807) is 0 Å². The van der Waals surface area contributed by atoms with Crippen molar-refractivity contribution in [2.45, 2.75) is 13.3 Å². The summed E-state index contributed by atoms with van der Waals surface area (Å²) in [5, 5.41) is 2.62. The predicted molar refractivity (Wildman–Crippen MR) is 62.1 cm³/mol. The molecule has 5 nitrogen and oxygen atoms in total. The molecule has 0 unspecified atom stereocenters. The Morgan fingerprint density at radius 3 is 3.12 bits per heavy atom. The predicted octanol–water partition coefficient (Wildman–Crippen LogP) is 0.959. The minimum atomic E-state index is -0.585. The van der Waals surface area contributed by atoms with Gasteiger partial charge in [0.2, 0.25) is 0 Å². The van der Waals surface area contributed by atoms with Crippen molar-refractivity contribution in [2.24, 2.45) is 0 Å². The Labute approximate surface area is 99.2 Å². The monoisotopic (exact) mass is 241 g/mol. The molecule has 1 aromatic heterocycles. The molecule has 1 aromatic rings. The van der Waals surface area contributed by atoms with Gasteiger partial charge in [0, 0.05) is 19.8 Å². The lowest BCUT2D eigenvalue weighted by Gasteiger charge is -2.06. The number of nitrogens with zero attached hydrogens (tertiary/aromatic N) is 1. The number of aromatic nitrogens is 1. The fraction of sp³-hybridized carbons (Fsp3) is 0.455. The van der Waals surface area contributed by atoms with Gasteiger partial charge in [0.1, 0.15) is 11.6 Å². The van der Waals surface area contributed by atoms with Crippen LogP contribution in [0, 0.1) is 5.82 Å². The van der Waals surface area contributed by atoms with Gasteiger partial charge in [-0.1, -0.05) is 0 Å². The molecular formula is C11H16FN3O2. The number of ether oxygens (including phenoxy) is 1. The van der Waals surface area contributed by atoms with Crippen molar-refractivity contribution in [2.75, 3.05) is 25.5 Å². The highest BCUT2D eigenvalue weighted by molar-refractivity contribution is 5.98. The standard InChI is InChI=1S/C11H16FN3O2/c1-2-17-5-3-4-14-11(16)9-6-8(12)7-15-10(9)13/h6-7H,2-5H2,1H3,(H2,13,15)(H,14,16). The van der Waals surface area contributed by atoms with E-state index >= 15 is 0 Å². The molecule has 0 atom stereocenters. The average Bonchev–Trinajstić information content (AvgIpc) is 2.32. The molecular weight excluding hydrogens is 225 g/mol. The Morgan fingerprint density at radius 1 is 1.65 bits per heavy atom. The van der Waals surface area contributed by atoms with E-state index in [0.29, 0.717) is 26.2 Å². The van der Waals surface area contributed by atoms with Crippen molar-refractivity contribution in [3.63, 3.8) is 0 Å². The van der Waals surface area contributed by atoms with Crippen LogP contribution in [0.3, 0.4) is 0 Å². The molecule has 0 bridgehead atoms. The number of nitrogens with two attached hydrogens (primary N) is 1. The summed E-state index contributed by atoms with van der Waals surface area (Å²) >= 11 is 0. The quantitative estimate of drug-likeness (QED) is 0.727. The lowest BCUT2D eigenvalue weighted by molar-refractivity contribution is 0.0944. The van der Waals surface area contributed by atoms with Crippen LogP contribution in [0.5, 0.6) is 0 Å². The second kappa shape index (κ2) is 6.80. The maximum atomic E-state index is 12.9. The van der Waals surface area contributed by atoms with E-state index in [1.165, 1.54) is 0 Å². The molecule has 0 saturated heterocycles. The van der Waals surface area contributed by atoms with Crippen LogP contribution in [0.4, 0.5) is 10.2 Å². The Hall–Kier alpha value is -1.69. The number of carbonyl (C=O) groups excluding carboxylic acids is 1. The number of nitrogen functional groups attached to an aromatic ring is 1. The van der Waals surface area contributed by atoms with Crippen LogP contribution in [0.2, 0.25) is 0 Å². The number of carbonyl (C=O) groups is 1. The van der Waals surface area contributed by atoms with E-state index in [2.05, 4.69) is 10.3 Å². The van der Waals surface area contributed by atoms with E-state index in [1.807, 2.05) is 6.92 Å². The fourth-order valence-electron chi connectivity index (χ4n) is 1.25. The Morgan fingerprint density at radius 2 is 2.41 bits per heavy atom. The number of rotatable bonds is 6. The van der Waals surface area contributed by atoms with Crippen LogP contribution in [-0.4, -0.2) is 30.6 Å². The molecule has 0 aliphatic rings. The summed E-state index contributed by atoms with van der Waals surface area (Å²) in [6.07, 6.45) is 1.67. The normalized spacial score (nSPS) is 10.2. The molecule has 0 spiro atoms. The summed E-state index contributed by atoms with van der Waals surface area (Å²) in [6, 6.07) is 1.07. The summed E-state index contributed by atoms with van der Waals surface area (Å²) in [5.41, 5.74) is 5.54. The second-order valence-corrected chi connectivity index (χ2v) is 3.39. The van der Waals surface area contributed by atoms with Crippen LogP contribution in [-0.2, 0) is 4.74 Å². The summed E-state index contributed by atoms with van der Waals surface area (Å²) < 4.78 is 18.0. The zero-order valence-electron chi connectivity index (χ0n) is 9.70. The third-order valence-electron chi connectivity index (χ3n) is 2.08. The van der Waals surface area contributed by atoms with E-state index < -0.39 is 11.7 Å². The van der Waals surface area contributed by atoms with E-state index in [9.17, 15) is 9.18 Å². The summed E-state index contributed by atoms with van der Waals surface area (Å²) in [6.45, 7) is 3.58. The van der Waals surface area contributed by atoms with Crippen molar-refractivity contribution in [3.05, 3.63) is 23.6 Å². The molecule has 3 N–H and O–H groups in total. The van der Waals surface area contributed by atoms with Gasteiger partial charge >= 0.3 is 0 Å². The van der Waals surface area contributed by atoms with E-state index in [0.717, 1.165) is 12.3 Å². The van der Waals surface area contributed by atoms with E-state index in [4.69, 9.17) is 10.5 Å². The van der Waals surface area contributed by atoms with Crippen molar-refractivity contribution in [1.82, 2.24) is 10.3 Å². The van der Waals surface area contributed by atoms with Crippen LogP contribution in [0.25, 0.3) is 0 Å². The minimum Gasteiger partial charge on any atom is -0.383 e. The first kappa shape index (κ1) is 13.4. The van der Waals surface area contributed by atoms with Gasteiger partial charge in [-0.05, 0) is 19.4 Å². The first-order valence-electron chi connectivity index (χ1n) is 5.42. The summed E-state index contributed by atoms with van der Waals surface area (Å²) in [5.74, 6) is -0.988. The zero-order valence-corrected chi connectivity index (χ0v) is 9.70. The first-order chi connectivity index (χ1) is 8.15. The molecule has 0 aliphatic carbocycles. The molecule has 1 rings (SSSR count). The molecule has 6 heteroatoms. The van der Waals surface area contributed by atoms with E-state index in [-0.39, 0.29) is 11.4 Å². The van der Waals surface area contributed by atoms with Crippen molar-refractivity contribution in [3.8, 4) is 0 Å². The lowest BCUT2D eigenvalue weighted by Crippen LogP contribution is -2.26. The lowest BCUT2D eigenvalue weighted by atomic mass is 10.2. The molecule has 1 amide bonds. The Kier molecular flexibility index (Phi) is 5.35. The molecule has 0 fully saturated rings. The fourth-order valence-corrected chi connectivity index (χ4v) is 1.25. The first-order valence-corrected chi connectivity index (χ1v) is 5.42. The summed E-state index contributed by atoms with van der Waals surface area (Å²) in [4.78, 5) is 15.2. The van der Waals surface area contributed by atoms with Crippen LogP contribution >= 0.6 is 0 Å². The molecule has 0 radical (unpaired) electrons. The molecule has 0 aromatic carbocycles. The highest BCUT2D eigenvalue weighted by Gasteiger charge is 2.11. The zero-order chi connectivity index (χ0) is 12.7. The van der Waals surface area contributed by atoms with Gasteiger partial charge in [0.25, 0.3) is 5.91 Å². The molecule has 0 aliphatic heterocycles. The maximum Gasteiger partial charge on any atom is 0.255 e.